The summed E-state index contributed by atoms with van der Waals surface area (Å²) in [7, 11) is 0. The highest BCUT2D eigenvalue weighted by molar-refractivity contribution is 6.05. The summed E-state index contributed by atoms with van der Waals surface area (Å²) < 4.78 is 0. The number of rotatable bonds is 4. The maximum Gasteiger partial charge on any atom is 0.230 e. The Hall–Kier alpha value is -2.37. The second kappa shape index (κ2) is 6.53. The van der Waals surface area contributed by atoms with Crippen molar-refractivity contribution in [3.63, 3.8) is 0 Å². The number of hydrogen-bond donors (Lipinski definition) is 3. The van der Waals surface area contributed by atoms with Crippen LogP contribution in [0.3, 0.4) is 0 Å². The zero-order valence-corrected chi connectivity index (χ0v) is 11.4. The van der Waals surface area contributed by atoms with Crippen LogP contribution in [0.5, 0.6) is 0 Å². The van der Waals surface area contributed by atoms with Crippen molar-refractivity contribution in [2.24, 2.45) is 21.7 Å². The van der Waals surface area contributed by atoms with Crippen LogP contribution in [0, 0.1) is 13.8 Å². The summed E-state index contributed by atoms with van der Waals surface area (Å²) in [6.45, 7) is 5.64. The van der Waals surface area contributed by atoms with E-state index in [4.69, 9.17) is 11.5 Å². The van der Waals surface area contributed by atoms with Crippen molar-refractivity contribution in [2.75, 3.05) is 5.32 Å². The molecule has 1 rings (SSSR count). The third-order valence-electron chi connectivity index (χ3n) is 2.41. The van der Waals surface area contributed by atoms with Gasteiger partial charge >= 0.3 is 0 Å². The maximum absolute atomic E-state index is 11.8. The Morgan fingerprint density at radius 1 is 1.26 bits per heavy atom. The SMILES string of the molecule is C/C(CC(=O)Nc1ccc(C)cc1C)=N\N=C(N)N. The third-order valence-corrected chi connectivity index (χ3v) is 2.41. The molecule has 0 aromatic heterocycles. The molecule has 0 spiro atoms. The molecule has 6 nitrogen and oxygen atoms in total. The van der Waals surface area contributed by atoms with Crippen molar-refractivity contribution in [2.45, 2.75) is 27.2 Å². The fraction of sp³-hybridized carbons (Fsp3) is 0.308. The van der Waals surface area contributed by atoms with Crippen molar-refractivity contribution in [3.8, 4) is 0 Å². The van der Waals surface area contributed by atoms with E-state index in [0.29, 0.717) is 5.71 Å². The van der Waals surface area contributed by atoms with Crippen LogP contribution in [0.1, 0.15) is 24.5 Å². The zero-order valence-electron chi connectivity index (χ0n) is 11.4. The number of carbonyl (C=O) groups is 1. The van der Waals surface area contributed by atoms with Crippen molar-refractivity contribution in [1.29, 1.82) is 0 Å². The number of benzene rings is 1. The summed E-state index contributed by atoms with van der Waals surface area (Å²) in [5.74, 6) is -0.284. The highest BCUT2D eigenvalue weighted by Gasteiger charge is 2.06. The van der Waals surface area contributed by atoms with Crippen LogP contribution in [-0.4, -0.2) is 17.6 Å². The van der Waals surface area contributed by atoms with Gasteiger partial charge in [-0.15, -0.1) is 5.10 Å². The number of nitrogens with zero attached hydrogens (tertiary/aromatic N) is 2. The van der Waals surface area contributed by atoms with Gasteiger partial charge in [-0.05, 0) is 32.4 Å². The standard InChI is InChI=1S/C13H19N5O/c1-8-4-5-11(9(2)6-8)16-12(19)7-10(3)17-18-13(14)15/h4-6H,7H2,1-3H3,(H,16,19)(H4,14,15,18)/b17-10+. The summed E-state index contributed by atoms with van der Waals surface area (Å²) in [6.07, 6.45) is 0.143. The van der Waals surface area contributed by atoms with Gasteiger partial charge in [0.1, 0.15) is 0 Å². The van der Waals surface area contributed by atoms with Crippen LogP contribution in [0.15, 0.2) is 28.4 Å². The number of amides is 1. The molecule has 5 N–H and O–H groups in total. The molecule has 6 heteroatoms. The van der Waals surface area contributed by atoms with E-state index in [9.17, 15) is 4.79 Å². The monoisotopic (exact) mass is 261 g/mol. The van der Waals surface area contributed by atoms with Crippen LogP contribution < -0.4 is 16.8 Å². The molecule has 1 amide bonds. The molecule has 0 aliphatic rings. The lowest BCUT2D eigenvalue weighted by molar-refractivity contribution is -0.115. The normalized spacial score (nSPS) is 11.0. The average molecular weight is 261 g/mol. The molecule has 0 aliphatic heterocycles. The Bertz CT molecular complexity index is 530. The van der Waals surface area contributed by atoms with Gasteiger partial charge in [-0.2, -0.15) is 5.10 Å². The minimum absolute atomic E-state index is 0.130. The highest BCUT2D eigenvalue weighted by Crippen LogP contribution is 2.16. The van der Waals surface area contributed by atoms with E-state index < -0.39 is 0 Å². The molecule has 1 aromatic rings. The van der Waals surface area contributed by atoms with Crippen molar-refractivity contribution in [3.05, 3.63) is 29.3 Å². The van der Waals surface area contributed by atoms with Gasteiger partial charge in [0.05, 0.1) is 6.42 Å². The lowest BCUT2D eigenvalue weighted by Gasteiger charge is -2.08. The van der Waals surface area contributed by atoms with Gasteiger partial charge in [-0.25, -0.2) is 0 Å². The minimum atomic E-state index is -0.154. The molecule has 0 fully saturated rings. The summed E-state index contributed by atoms with van der Waals surface area (Å²) in [5.41, 5.74) is 13.8. The number of anilines is 1. The Morgan fingerprint density at radius 2 is 1.95 bits per heavy atom. The predicted octanol–water partition coefficient (Wildman–Crippen LogP) is 1.28. The van der Waals surface area contributed by atoms with E-state index in [-0.39, 0.29) is 18.3 Å². The van der Waals surface area contributed by atoms with Crippen molar-refractivity contribution >= 4 is 23.3 Å². The Morgan fingerprint density at radius 3 is 2.53 bits per heavy atom. The molecule has 0 heterocycles. The number of carbonyl (C=O) groups excluding carboxylic acids is 1. The highest BCUT2D eigenvalue weighted by atomic mass is 16.1. The number of nitrogens with two attached hydrogens (primary N) is 2. The summed E-state index contributed by atoms with van der Waals surface area (Å²) in [4.78, 5) is 11.8. The fourth-order valence-electron chi connectivity index (χ4n) is 1.56. The lowest BCUT2D eigenvalue weighted by atomic mass is 10.1. The fourth-order valence-corrected chi connectivity index (χ4v) is 1.56. The number of aryl methyl sites for hydroxylation is 2. The zero-order chi connectivity index (χ0) is 14.4. The van der Waals surface area contributed by atoms with E-state index in [1.165, 1.54) is 0 Å². The van der Waals surface area contributed by atoms with E-state index in [1.54, 1.807) is 6.92 Å². The van der Waals surface area contributed by atoms with E-state index in [1.807, 2.05) is 32.0 Å². The number of guanidine groups is 1. The summed E-state index contributed by atoms with van der Waals surface area (Å²) >= 11 is 0. The topological polar surface area (TPSA) is 106 Å². The average Bonchev–Trinajstić information content (AvgIpc) is 2.30. The van der Waals surface area contributed by atoms with E-state index in [2.05, 4.69) is 15.5 Å². The van der Waals surface area contributed by atoms with Gasteiger partial charge in [0.25, 0.3) is 0 Å². The van der Waals surface area contributed by atoms with Gasteiger partial charge in [-0.3, -0.25) is 4.79 Å². The second-order valence-corrected chi connectivity index (χ2v) is 4.40. The molecule has 1 aromatic carbocycles. The first kappa shape index (κ1) is 14.7. The summed E-state index contributed by atoms with van der Waals surface area (Å²) in [6, 6.07) is 5.84. The van der Waals surface area contributed by atoms with E-state index in [0.717, 1.165) is 16.8 Å². The van der Waals surface area contributed by atoms with Crippen LogP contribution in [-0.2, 0) is 4.79 Å². The molecular weight excluding hydrogens is 242 g/mol. The Kier molecular flexibility index (Phi) is 5.05. The maximum atomic E-state index is 11.8. The first-order chi connectivity index (χ1) is 8.88. The van der Waals surface area contributed by atoms with Gasteiger partial charge < -0.3 is 16.8 Å². The predicted molar refractivity (Wildman–Crippen MR) is 78.1 cm³/mol. The Balaban J connectivity index is 2.65. The molecule has 102 valence electrons. The molecule has 0 radical (unpaired) electrons. The number of nitrogens with one attached hydrogen (secondary N) is 1. The second-order valence-electron chi connectivity index (χ2n) is 4.40. The van der Waals surface area contributed by atoms with Crippen LogP contribution in [0.2, 0.25) is 0 Å². The first-order valence-corrected chi connectivity index (χ1v) is 5.87. The Labute approximate surface area is 112 Å². The van der Waals surface area contributed by atoms with Crippen LogP contribution in [0.25, 0.3) is 0 Å². The minimum Gasteiger partial charge on any atom is -0.369 e. The molecular formula is C13H19N5O. The molecule has 0 aliphatic carbocycles. The van der Waals surface area contributed by atoms with Crippen molar-refractivity contribution in [1.82, 2.24) is 0 Å². The molecule has 0 saturated carbocycles. The van der Waals surface area contributed by atoms with Crippen molar-refractivity contribution < 1.29 is 4.79 Å². The van der Waals surface area contributed by atoms with Gasteiger partial charge in [0, 0.05) is 11.4 Å². The van der Waals surface area contributed by atoms with Crippen LogP contribution in [0.4, 0.5) is 5.69 Å². The quantitative estimate of drug-likeness (QED) is 0.432. The number of hydrogen-bond acceptors (Lipinski definition) is 3. The first-order valence-electron chi connectivity index (χ1n) is 5.87. The molecule has 0 atom stereocenters. The van der Waals surface area contributed by atoms with Crippen LogP contribution >= 0.6 is 0 Å². The van der Waals surface area contributed by atoms with Gasteiger partial charge in [-0.1, -0.05) is 17.7 Å². The van der Waals surface area contributed by atoms with E-state index >= 15 is 0 Å². The third kappa shape index (κ3) is 5.20. The lowest BCUT2D eigenvalue weighted by Crippen LogP contribution is -2.22. The largest absolute Gasteiger partial charge is 0.369 e. The molecule has 0 saturated heterocycles. The van der Waals surface area contributed by atoms with Gasteiger partial charge in [0.15, 0.2) is 0 Å². The molecule has 19 heavy (non-hydrogen) atoms. The smallest absolute Gasteiger partial charge is 0.230 e. The molecule has 0 bridgehead atoms. The summed E-state index contributed by atoms with van der Waals surface area (Å²) in [5, 5.41) is 10.1. The van der Waals surface area contributed by atoms with Gasteiger partial charge in [0.2, 0.25) is 11.9 Å². The molecule has 0 unspecified atom stereocenters.